The number of hydrogen-bond donors (Lipinski definition) is 3. The molecule has 4 N–H and O–H groups in total. The fraction of sp³-hybridized carbons (Fsp3) is 0.286. The number of aliphatic hydroxyl groups is 1. The number of H-pyrrole nitrogens is 1. The Labute approximate surface area is 111 Å². The first-order valence-corrected chi connectivity index (χ1v) is 6.24. The highest BCUT2D eigenvalue weighted by molar-refractivity contribution is 5.90. The molecule has 1 atom stereocenters. The molecular weight excluding hydrogens is 242 g/mol. The van der Waals surface area contributed by atoms with Crippen molar-refractivity contribution in [1.82, 2.24) is 4.98 Å². The summed E-state index contributed by atoms with van der Waals surface area (Å²) in [6.07, 6.45) is 4.96. The number of benzene rings is 1. The van der Waals surface area contributed by atoms with Crippen LogP contribution in [0, 0.1) is 0 Å². The second-order valence-corrected chi connectivity index (χ2v) is 4.49. The molecule has 0 fully saturated rings. The fourth-order valence-electron chi connectivity index (χ4n) is 2.03. The van der Waals surface area contributed by atoms with Gasteiger partial charge in [-0.15, -0.1) is 0 Å². The molecule has 19 heavy (non-hydrogen) atoms. The van der Waals surface area contributed by atoms with Crippen molar-refractivity contribution in [2.45, 2.75) is 18.9 Å². The number of nitrogens with one attached hydrogen (secondary N) is 1. The van der Waals surface area contributed by atoms with Gasteiger partial charge in [0.1, 0.15) is 12.2 Å². The number of amides is 1. The number of aromatic amines is 1. The number of primary amides is 1. The first-order valence-electron chi connectivity index (χ1n) is 6.24. The van der Waals surface area contributed by atoms with Crippen molar-refractivity contribution in [2.75, 3.05) is 6.61 Å². The smallest absolute Gasteiger partial charge is 0.292 e. The molecule has 1 amide bonds. The van der Waals surface area contributed by atoms with Crippen LogP contribution in [0.15, 0.2) is 42.9 Å². The van der Waals surface area contributed by atoms with Crippen LogP contribution in [0.25, 0.3) is 0 Å². The third-order valence-corrected chi connectivity index (χ3v) is 3.15. The number of carbonyl (C=O) groups excluding carboxylic acids is 1. The molecular formula is C14H18N3O2+. The molecule has 1 aromatic heterocycles. The van der Waals surface area contributed by atoms with Gasteiger partial charge in [0, 0.05) is 0 Å². The molecule has 1 heterocycles. The number of hydrogen-bond acceptors (Lipinski definition) is 2. The normalized spacial score (nSPS) is 12.3. The predicted molar refractivity (Wildman–Crippen MR) is 70.4 cm³/mol. The number of nitrogens with zero attached hydrogens (tertiary/aromatic N) is 1. The molecule has 0 bridgehead atoms. The van der Waals surface area contributed by atoms with E-state index in [0.29, 0.717) is 5.69 Å². The molecule has 5 heteroatoms. The van der Waals surface area contributed by atoms with Crippen LogP contribution >= 0.6 is 0 Å². The molecule has 2 aromatic rings. The Kier molecular flexibility index (Phi) is 4.30. The molecule has 1 aromatic carbocycles. The predicted octanol–water partition coefficient (Wildman–Crippen LogP) is 0.567. The highest BCUT2D eigenvalue weighted by Crippen LogP contribution is 2.09. The molecule has 100 valence electrons. The van der Waals surface area contributed by atoms with Crippen LogP contribution in [0.2, 0.25) is 0 Å². The van der Waals surface area contributed by atoms with Crippen molar-refractivity contribution in [3.63, 3.8) is 0 Å². The lowest BCUT2D eigenvalue weighted by Crippen LogP contribution is -2.40. The van der Waals surface area contributed by atoms with E-state index in [1.807, 2.05) is 18.2 Å². The number of imidazole rings is 1. The van der Waals surface area contributed by atoms with Crippen LogP contribution in [0.5, 0.6) is 0 Å². The summed E-state index contributed by atoms with van der Waals surface area (Å²) in [5, 5.41) is 9.45. The molecule has 0 radical (unpaired) electrons. The van der Waals surface area contributed by atoms with E-state index < -0.39 is 5.91 Å². The first kappa shape index (κ1) is 13.3. The minimum Gasteiger partial charge on any atom is -0.392 e. The van der Waals surface area contributed by atoms with Crippen LogP contribution in [0.4, 0.5) is 0 Å². The highest BCUT2D eigenvalue weighted by Gasteiger charge is 2.18. The Balaban J connectivity index is 2.01. The summed E-state index contributed by atoms with van der Waals surface area (Å²) in [6.45, 7) is 0.0214. The summed E-state index contributed by atoms with van der Waals surface area (Å²) in [5.41, 5.74) is 6.76. The largest absolute Gasteiger partial charge is 0.392 e. The zero-order valence-corrected chi connectivity index (χ0v) is 10.6. The van der Waals surface area contributed by atoms with Crippen molar-refractivity contribution in [1.29, 1.82) is 0 Å². The number of carbonyl (C=O) groups is 1. The lowest BCUT2D eigenvalue weighted by atomic mass is 10.1. The highest BCUT2D eigenvalue weighted by atomic mass is 16.3. The molecule has 0 aliphatic carbocycles. The van der Waals surface area contributed by atoms with Gasteiger partial charge in [0.25, 0.3) is 5.91 Å². The van der Waals surface area contributed by atoms with Crippen LogP contribution in [0.1, 0.15) is 28.5 Å². The molecule has 0 unspecified atom stereocenters. The standard InChI is InChI=1S/C14H17N3O2/c15-14(19)13-8-17(10-16-13)12(9-18)7-6-11-4-2-1-3-5-11/h1-5,8,10,12,18H,6-7,9H2,(H2,15,19)/p+1/t12-/m0/s1. The molecule has 0 aliphatic rings. The van der Waals surface area contributed by atoms with Crippen molar-refractivity contribution in [3.05, 3.63) is 54.1 Å². The summed E-state index contributed by atoms with van der Waals surface area (Å²) in [5.74, 6) is -0.501. The van der Waals surface area contributed by atoms with Crippen LogP contribution in [-0.2, 0) is 6.42 Å². The molecule has 0 aliphatic heterocycles. The van der Waals surface area contributed by atoms with Gasteiger partial charge >= 0.3 is 0 Å². The van der Waals surface area contributed by atoms with Gasteiger partial charge in [-0.25, -0.2) is 9.55 Å². The monoisotopic (exact) mass is 260 g/mol. The maximum absolute atomic E-state index is 11.0. The first-order chi connectivity index (χ1) is 9.20. The van der Waals surface area contributed by atoms with E-state index in [9.17, 15) is 9.90 Å². The van der Waals surface area contributed by atoms with Gasteiger partial charge in [0.2, 0.25) is 12.0 Å². The Morgan fingerprint density at radius 1 is 1.37 bits per heavy atom. The summed E-state index contributed by atoms with van der Waals surface area (Å²) in [4.78, 5) is 13.8. The Bertz CT molecular complexity index is 537. The average Bonchev–Trinajstić information content (AvgIpc) is 2.90. The number of nitrogens with two attached hydrogens (primary N) is 1. The van der Waals surface area contributed by atoms with Gasteiger partial charge in [-0.2, -0.15) is 0 Å². The van der Waals surface area contributed by atoms with Crippen molar-refractivity contribution in [2.24, 2.45) is 5.73 Å². The van der Waals surface area contributed by atoms with E-state index >= 15 is 0 Å². The zero-order valence-electron chi connectivity index (χ0n) is 10.6. The quantitative estimate of drug-likeness (QED) is 0.663. The third kappa shape index (κ3) is 3.42. The Hall–Kier alpha value is -2.14. The second-order valence-electron chi connectivity index (χ2n) is 4.49. The topological polar surface area (TPSA) is 83.0 Å². The van der Waals surface area contributed by atoms with Gasteiger partial charge in [0.15, 0.2) is 0 Å². The van der Waals surface area contributed by atoms with Gasteiger partial charge in [-0.1, -0.05) is 30.3 Å². The number of aliphatic hydroxyl groups excluding tert-OH is 1. The molecule has 0 spiro atoms. The molecule has 0 saturated carbocycles. The molecule has 2 rings (SSSR count). The van der Waals surface area contributed by atoms with Gasteiger partial charge in [0.05, 0.1) is 6.61 Å². The maximum atomic E-state index is 11.0. The summed E-state index contributed by atoms with van der Waals surface area (Å²) < 4.78 is 1.79. The van der Waals surface area contributed by atoms with E-state index in [-0.39, 0.29) is 12.6 Å². The van der Waals surface area contributed by atoms with E-state index in [1.165, 1.54) is 5.56 Å². The Morgan fingerprint density at radius 3 is 2.68 bits per heavy atom. The zero-order chi connectivity index (χ0) is 13.7. The summed E-state index contributed by atoms with van der Waals surface area (Å²) in [7, 11) is 0. The van der Waals surface area contributed by atoms with E-state index in [0.717, 1.165) is 12.8 Å². The lowest BCUT2D eigenvalue weighted by Gasteiger charge is -2.10. The van der Waals surface area contributed by atoms with Crippen molar-refractivity contribution >= 4 is 5.91 Å². The number of aromatic nitrogens is 2. The minimum atomic E-state index is -0.501. The molecule has 0 saturated heterocycles. The number of aryl methyl sites for hydroxylation is 1. The number of rotatable bonds is 6. The van der Waals surface area contributed by atoms with Crippen molar-refractivity contribution < 1.29 is 14.5 Å². The third-order valence-electron chi connectivity index (χ3n) is 3.15. The summed E-state index contributed by atoms with van der Waals surface area (Å²) in [6, 6.07) is 10.0. The van der Waals surface area contributed by atoms with E-state index in [2.05, 4.69) is 17.1 Å². The maximum Gasteiger partial charge on any atom is 0.292 e. The SMILES string of the molecule is NC(=O)c1c[n+]([C@H](CO)CCc2ccccc2)c[nH]1. The lowest BCUT2D eigenvalue weighted by molar-refractivity contribution is -0.724. The van der Waals surface area contributed by atoms with Crippen LogP contribution < -0.4 is 10.3 Å². The Morgan fingerprint density at radius 2 is 2.11 bits per heavy atom. The molecule has 5 nitrogen and oxygen atoms in total. The summed E-state index contributed by atoms with van der Waals surface area (Å²) >= 11 is 0. The second kappa shape index (κ2) is 6.15. The van der Waals surface area contributed by atoms with E-state index in [4.69, 9.17) is 5.73 Å². The van der Waals surface area contributed by atoms with E-state index in [1.54, 1.807) is 17.1 Å². The fourth-order valence-corrected chi connectivity index (χ4v) is 2.03. The van der Waals surface area contributed by atoms with Crippen LogP contribution in [-0.4, -0.2) is 22.6 Å². The van der Waals surface area contributed by atoms with Crippen molar-refractivity contribution in [3.8, 4) is 0 Å². The van der Waals surface area contributed by atoms with Gasteiger partial charge in [-0.05, 0) is 18.4 Å². The average molecular weight is 260 g/mol. The van der Waals surface area contributed by atoms with Gasteiger partial charge in [-0.3, -0.25) is 4.79 Å². The van der Waals surface area contributed by atoms with Crippen LogP contribution in [0.3, 0.4) is 0 Å². The van der Waals surface area contributed by atoms with Gasteiger partial charge < -0.3 is 10.8 Å². The minimum absolute atomic E-state index is 0.0214.